The van der Waals surface area contributed by atoms with Gasteiger partial charge in [-0.3, -0.25) is 8.94 Å². The summed E-state index contributed by atoms with van der Waals surface area (Å²) >= 11 is 1.03. The molecule has 0 fully saturated rings. The van der Waals surface area contributed by atoms with Gasteiger partial charge in [0.2, 0.25) is 4.80 Å². The molecule has 0 amide bonds. The van der Waals surface area contributed by atoms with Crippen molar-refractivity contribution in [3.63, 3.8) is 0 Å². The fourth-order valence-electron chi connectivity index (χ4n) is 2.05. The molecule has 5 nitrogen and oxygen atoms in total. The number of nitriles is 1. The second-order valence-electron chi connectivity index (χ2n) is 4.90. The van der Waals surface area contributed by atoms with E-state index in [9.17, 15) is 13.6 Å². The Balaban J connectivity index is 1.99. The van der Waals surface area contributed by atoms with Gasteiger partial charge < -0.3 is 0 Å². The summed E-state index contributed by atoms with van der Waals surface area (Å²) in [6, 6.07) is 12.0. The Morgan fingerprint density at radius 2 is 1.92 bits per heavy atom. The Bertz CT molecular complexity index is 1040. The van der Waals surface area contributed by atoms with E-state index in [1.54, 1.807) is 24.3 Å². The Morgan fingerprint density at radius 1 is 1.17 bits per heavy atom. The van der Waals surface area contributed by atoms with E-state index in [0.29, 0.717) is 21.6 Å². The van der Waals surface area contributed by atoms with Gasteiger partial charge >= 0.3 is 5.69 Å². The van der Waals surface area contributed by atoms with Gasteiger partial charge in [0, 0.05) is 0 Å². The van der Waals surface area contributed by atoms with Gasteiger partial charge in [-0.25, -0.2) is 18.6 Å². The summed E-state index contributed by atoms with van der Waals surface area (Å²) in [4.78, 5) is 16.7. The molecule has 0 spiro atoms. The zero-order valence-electron chi connectivity index (χ0n) is 12.2. The minimum atomic E-state index is -0.967. The highest BCUT2D eigenvalue weighted by molar-refractivity contribution is 7.02. The second kappa shape index (κ2) is 6.60. The van der Waals surface area contributed by atoms with Gasteiger partial charge in [-0.1, -0.05) is 6.07 Å². The lowest BCUT2D eigenvalue weighted by atomic mass is 10.2. The maximum atomic E-state index is 13.3. The molecule has 8 heteroatoms. The van der Waals surface area contributed by atoms with Crippen LogP contribution in [0.25, 0.3) is 0 Å². The van der Waals surface area contributed by atoms with Crippen molar-refractivity contribution in [2.45, 2.75) is 6.54 Å². The van der Waals surface area contributed by atoms with E-state index >= 15 is 0 Å². The third-order valence-electron chi connectivity index (χ3n) is 3.25. The molecule has 0 radical (unpaired) electrons. The van der Waals surface area contributed by atoms with E-state index in [4.69, 9.17) is 5.26 Å². The van der Waals surface area contributed by atoms with Crippen molar-refractivity contribution in [1.82, 2.24) is 8.94 Å². The molecule has 24 heavy (non-hydrogen) atoms. The first kappa shape index (κ1) is 15.8. The maximum absolute atomic E-state index is 13.3. The van der Waals surface area contributed by atoms with Gasteiger partial charge in [0.1, 0.15) is 0 Å². The summed E-state index contributed by atoms with van der Waals surface area (Å²) in [5.74, 6) is -1.91. The molecule has 0 aliphatic carbocycles. The molecular weight excluding hydrogens is 334 g/mol. The SMILES string of the molecule is N#Cc1ccc(N=c2s[nH]c(=O)n2Cc2ccc(F)c(F)c2)cc1. The Hall–Kier alpha value is -3.05. The molecule has 1 heterocycles. The lowest BCUT2D eigenvalue weighted by Crippen LogP contribution is -2.27. The minimum Gasteiger partial charge on any atom is -0.263 e. The Labute approximate surface area is 138 Å². The molecule has 2 aromatic carbocycles. The van der Waals surface area contributed by atoms with Crippen LogP contribution in [0.4, 0.5) is 14.5 Å². The van der Waals surface area contributed by atoms with Crippen LogP contribution in [0.3, 0.4) is 0 Å². The van der Waals surface area contributed by atoms with Crippen LogP contribution in [-0.4, -0.2) is 8.94 Å². The number of H-pyrrole nitrogens is 1. The summed E-state index contributed by atoms with van der Waals surface area (Å²) in [5.41, 5.74) is 1.13. The van der Waals surface area contributed by atoms with Crippen molar-refractivity contribution in [3.05, 3.63) is 80.5 Å². The lowest BCUT2D eigenvalue weighted by Gasteiger charge is -2.02. The van der Waals surface area contributed by atoms with E-state index < -0.39 is 17.3 Å². The summed E-state index contributed by atoms with van der Waals surface area (Å²) in [6.45, 7) is 0.0607. The fourth-order valence-corrected chi connectivity index (χ4v) is 2.75. The van der Waals surface area contributed by atoms with E-state index in [1.807, 2.05) is 6.07 Å². The average molecular weight is 344 g/mol. The van der Waals surface area contributed by atoms with Crippen LogP contribution in [0, 0.1) is 23.0 Å². The zero-order valence-corrected chi connectivity index (χ0v) is 13.0. The largest absolute Gasteiger partial charge is 0.337 e. The van der Waals surface area contributed by atoms with Crippen LogP contribution < -0.4 is 10.5 Å². The minimum absolute atomic E-state index is 0.0607. The van der Waals surface area contributed by atoms with Crippen molar-refractivity contribution < 1.29 is 8.78 Å². The van der Waals surface area contributed by atoms with Crippen LogP contribution in [0.5, 0.6) is 0 Å². The van der Waals surface area contributed by atoms with Crippen LogP contribution in [0.1, 0.15) is 11.1 Å². The molecule has 0 atom stereocenters. The summed E-state index contributed by atoms with van der Waals surface area (Å²) < 4.78 is 30.2. The zero-order chi connectivity index (χ0) is 17.1. The van der Waals surface area contributed by atoms with E-state index in [0.717, 1.165) is 23.7 Å². The number of rotatable bonds is 3. The molecule has 3 rings (SSSR count). The first-order valence-corrected chi connectivity index (χ1v) is 7.65. The van der Waals surface area contributed by atoms with Gasteiger partial charge in [0.15, 0.2) is 11.6 Å². The third kappa shape index (κ3) is 3.31. The molecule has 0 bridgehead atoms. The molecule has 0 saturated heterocycles. The maximum Gasteiger partial charge on any atom is 0.337 e. The number of aromatic amines is 1. The normalized spacial score (nSPS) is 11.5. The van der Waals surface area contributed by atoms with Crippen molar-refractivity contribution in [2.75, 3.05) is 0 Å². The van der Waals surface area contributed by atoms with Crippen LogP contribution >= 0.6 is 11.5 Å². The van der Waals surface area contributed by atoms with Crippen LogP contribution in [0.15, 0.2) is 52.3 Å². The van der Waals surface area contributed by atoms with Crippen molar-refractivity contribution in [3.8, 4) is 6.07 Å². The predicted octanol–water partition coefficient (Wildman–Crippen LogP) is 2.67. The summed E-state index contributed by atoms with van der Waals surface area (Å²) in [5, 5.41) is 8.79. The molecule has 0 aliphatic heterocycles. The molecule has 1 N–H and O–H groups in total. The second-order valence-corrected chi connectivity index (χ2v) is 5.67. The third-order valence-corrected chi connectivity index (χ3v) is 4.02. The number of aromatic nitrogens is 2. The standard InChI is InChI=1S/C16H10F2N4OS/c17-13-6-3-11(7-14(13)18)9-22-15(23)21-24-16(22)20-12-4-1-10(8-19)2-5-12/h1-7H,9H2,(H,21,23). The number of hydrogen-bond donors (Lipinski definition) is 1. The fraction of sp³-hybridized carbons (Fsp3) is 0.0625. The highest BCUT2D eigenvalue weighted by atomic mass is 32.1. The monoisotopic (exact) mass is 344 g/mol. The number of hydrogen-bond acceptors (Lipinski definition) is 4. The van der Waals surface area contributed by atoms with Crippen molar-refractivity contribution in [2.24, 2.45) is 4.99 Å². The van der Waals surface area contributed by atoms with E-state index in [2.05, 4.69) is 9.37 Å². The molecule has 0 aliphatic rings. The van der Waals surface area contributed by atoms with Crippen LogP contribution in [-0.2, 0) is 6.54 Å². The molecular formula is C16H10F2N4OS. The molecule has 0 saturated carbocycles. The van der Waals surface area contributed by atoms with Crippen molar-refractivity contribution in [1.29, 1.82) is 5.26 Å². The first-order valence-electron chi connectivity index (χ1n) is 6.84. The highest BCUT2D eigenvalue weighted by Gasteiger charge is 2.07. The average Bonchev–Trinajstić information content (AvgIpc) is 2.92. The quantitative estimate of drug-likeness (QED) is 0.793. The molecule has 0 unspecified atom stereocenters. The molecule has 120 valence electrons. The molecule has 1 aromatic heterocycles. The number of nitrogens with one attached hydrogen (secondary N) is 1. The van der Waals surface area contributed by atoms with Gasteiger partial charge in [-0.15, -0.1) is 0 Å². The van der Waals surface area contributed by atoms with Gasteiger partial charge in [0.05, 0.1) is 23.9 Å². The number of benzene rings is 2. The topological polar surface area (TPSA) is 73.9 Å². The van der Waals surface area contributed by atoms with Gasteiger partial charge in [-0.2, -0.15) is 5.26 Å². The number of halogens is 2. The van der Waals surface area contributed by atoms with E-state index in [1.165, 1.54) is 10.6 Å². The van der Waals surface area contributed by atoms with E-state index in [-0.39, 0.29) is 6.54 Å². The smallest absolute Gasteiger partial charge is 0.263 e. The number of nitrogens with zero attached hydrogens (tertiary/aromatic N) is 3. The Morgan fingerprint density at radius 3 is 2.58 bits per heavy atom. The van der Waals surface area contributed by atoms with Gasteiger partial charge in [-0.05, 0) is 53.5 Å². The molecule has 3 aromatic rings. The first-order chi connectivity index (χ1) is 11.6. The van der Waals surface area contributed by atoms with Crippen molar-refractivity contribution >= 4 is 17.2 Å². The van der Waals surface area contributed by atoms with Crippen LogP contribution in [0.2, 0.25) is 0 Å². The van der Waals surface area contributed by atoms with Gasteiger partial charge in [0.25, 0.3) is 0 Å². The highest BCUT2D eigenvalue weighted by Crippen LogP contribution is 2.12. The lowest BCUT2D eigenvalue weighted by molar-refractivity contribution is 0.506. The predicted molar refractivity (Wildman–Crippen MR) is 84.8 cm³/mol. The summed E-state index contributed by atoms with van der Waals surface area (Å²) in [7, 11) is 0. The Kier molecular flexibility index (Phi) is 4.35. The summed E-state index contributed by atoms with van der Waals surface area (Å²) in [6.07, 6.45) is 0.